The molecule has 5 heteroatoms. The fraction of sp³-hybridized carbons (Fsp3) is 0.417. The monoisotopic (exact) mass is 238 g/mol. The van der Waals surface area contributed by atoms with E-state index in [9.17, 15) is 9.90 Å². The van der Waals surface area contributed by atoms with Crippen LogP contribution in [0.3, 0.4) is 0 Å². The number of nitrogens with two attached hydrogens (primary N) is 1. The quantitative estimate of drug-likeness (QED) is 0.532. The summed E-state index contributed by atoms with van der Waals surface area (Å²) >= 11 is 0. The first-order valence-corrected chi connectivity index (χ1v) is 5.49. The predicted molar refractivity (Wildman–Crippen MR) is 65.7 cm³/mol. The number of nitrogens with one attached hydrogen (secondary N) is 1. The van der Waals surface area contributed by atoms with E-state index in [2.05, 4.69) is 5.32 Å². The zero-order chi connectivity index (χ0) is 12.8. The van der Waals surface area contributed by atoms with Gasteiger partial charge in [-0.05, 0) is 31.0 Å². The molecule has 1 aromatic carbocycles. The molecule has 0 amide bonds. The van der Waals surface area contributed by atoms with Crippen LogP contribution in [0.25, 0.3) is 0 Å². The van der Waals surface area contributed by atoms with Crippen molar-refractivity contribution in [2.45, 2.75) is 25.5 Å². The third kappa shape index (κ3) is 4.42. The highest BCUT2D eigenvalue weighted by Crippen LogP contribution is 2.06. The zero-order valence-corrected chi connectivity index (χ0v) is 9.76. The van der Waals surface area contributed by atoms with Gasteiger partial charge < -0.3 is 21.3 Å². The van der Waals surface area contributed by atoms with Gasteiger partial charge in [-0.2, -0.15) is 0 Å². The third-order valence-corrected chi connectivity index (χ3v) is 2.48. The van der Waals surface area contributed by atoms with Gasteiger partial charge in [0.2, 0.25) is 0 Å². The molecule has 0 saturated carbocycles. The lowest BCUT2D eigenvalue weighted by atomic mass is 10.1. The lowest BCUT2D eigenvalue weighted by Gasteiger charge is -2.16. The van der Waals surface area contributed by atoms with Gasteiger partial charge in [0.1, 0.15) is 6.04 Å². The maximum absolute atomic E-state index is 10.8. The van der Waals surface area contributed by atoms with Crippen LogP contribution in [0, 0.1) is 0 Å². The van der Waals surface area contributed by atoms with Gasteiger partial charge >= 0.3 is 5.97 Å². The Morgan fingerprint density at radius 2 is 2.24 bits per heavy atom. The van der Waals surface area contributed by atoms with Crippen LogP contribution in [-0.4, -0.2) is 34.9 Å². The molecule has 2 atom stereocenters. The number of aliphatic hydroxyl groups is 1. The summed E-state index contributed by atoms with van der Waals surface area (Å²) in [4.78, 5) is 10.8. The number of aliphatic hydroxyl groups excluding tert-OH is 1. The minimum Gasteiger partial charge on any atom is -0.480 e. The molecule has 0 fully saturated rings. The number of aliphatic carboxylic acids is 1. The SMILES string of the molecule is CC(O)C(NCCc1cccc(N)c1)C(=O)O. The molecule has 1 aromatic rings. The number of carbonyl (C=O) groups is 1. The molecule has 2 unspecified atom stereocenters. The molecule has 0 aliphatic rings. The Morgan fingerprint density at radius 3 is 2.76 bits per heavy atom. The number of nitrogen functional groups attached to an aromatic ring is 1. The lowest BCUT2D eigenvalue weighted by molar-refractivity contribution is -0.142. The van der Waals surface area contributed by atoms with E-state index in [1.807, 2.05) is 18.2 Å². The molecule has 0 heterocycles. The summed E-state index contributed by atoms with van der Waals surface area (Å²) in [6.07, 6.45) is -0.255. The van der Waals surface area contributed by atoms with Gasteiger partial charge in [0, 0.05) is 12.2 Å². The molecule has 0 aliphatic carbocycles. The fourth-order valence-corrected chi connectivity index (χ4v) is 1.58. The van der Waals surface area contributed by atoms with Gasteiger partial charge in [0.05, 0.1) is 6.10 Å². The molecule has 0 spiro atoms. The van der Waals surface area contributed by atoms with Crippen molar-refractivity contribution in [2.75, 3.05) is 12.3 Å². The van der Waals surface area contributed by atoms with Gasteiger partial charge in [0.15, 0.2) is 0 Å². The molecule has 0 radical (unpaired) electrons. The van der Waals surface area contributed by atoms with E-state index in [-0.39, 0.29) is 0 Å². The summed E-state index contributed by atoms with van der Waals surface area (Å²) in [5, 5.41) is 20.9. The van der Waals surface area contributed by atoms with Crippen LogP contribution in [0.4, 0.5) is 5.69 Å². The Labute approximate surface area is 100 Å². The van der Waals surface area contributed by atoms with E-state index in [0.717, 1.165) is 5.56 Å². The van der Waals surface area contributed by atoms with Crippen molar-refractivity contribution < 1.29 is 15.0 Å². The van der Waals surface area contributed by atoms with Crippen molar-refractivity contribution in [1.82, 2.24) is 5.32 Å². The zero-order valence-electron chi connectivity index (χ0n) is 9.76. The lowest BCUT2D eigenvalue weighted by Crippen LogP contribution is -2.45. The summed E-state index contributed by atoms with van der Waals surface area (Å²) in [6, 6.07) is 6.49. The van der Waals surface area contributed by atoms with E-state index >= 15 is 0 Å². The molecule has 0 aromatic heterocycles. The number of hydrogen-bond donors (Lipinski definition) is 4. The highest BCUT2D eigenvalue weighted by molar-refractivity contribution is 5.74. The van der Waals surface area contributed by atoms with Crippen LogP contribution in [0.5, 0.6) is 0 Å². The molecular formula is C12H18N2O3. The van der Waals surface area contributed by atoms with Crippen molar-refractivity contribution in [3.8, 4) is 0 Å². The highest BCUT2D eigenvalue weighted by Gasteiger charge is 2.21. The summed E-state index contributed by atoms with van der Waals surface area (Å²) in [5.41, 5.74) is 7.35. The maximum atomic E-state index is 10.8. The molecule has 0 saturated heterocycles. The Hall–Kier alpha value is -1.59. The summed E-state index contributed by atoms with van der Waals surface area (Å²) in [6.45, 7) is 1.93. The van der Waals surface area contributed by atoms with Crippen molar-refractivity contribution in [2.24, 2.45) is 0 Å². The average Bonchev–Trinajstić information content (AvgIpc) is 2.23. The number of hydrogen-bond acceptors (Lipinski definition) is 4. The normalized spacial score (nSPS) is 14.2. The summed E-state index contributed by atoms with van der Waals surface area (Å²) in [5.74, 6) is -1.05. The molecule has 1 rings (SSSR count). The number of rotatable bonds is 6. The average molecular weight is 238 g/mol. The predicted octanol–water partition coefficient (Wildman–Crippen LogP) is 0.235. The van der Waals surface area contributed by atoms with Gasteiger partial charge in [-0.3, -0.25) is 4.79 Å². The molecule has 17 heavy (non-hydrogen) atoms. The first-order chi connectivity index (χ1) is 8.00. The number of benzene rings is 1. The molecule has 0 bridgehead atoms. The largest absolute Gasteiger partial charge is 0.480 e. The first kappa shape index (κ1) is 13.5. The highest BCUT2D eigenvalue weighted by atomic mass is 16.4. The van der Waals surface area contributed by atoms with Gasteiger partial charge in [0.25, 0.3) is 0 Å². The maximum Gasteiger partial charge on any atom is 0.323 e. The van der Waals surface area contributed by atoms with Gasteiger partial charge in [-0.15, -0.1) is 0 Å². The fourth-order valence-electron chi connectivity index (χ4n) is 1.58. The Kier molecular flexibility index (Phi) is 4.93. The van der Waals surface area contributed by atoms with Crippen LogP contribution >= 0.6 is 0 Å². The van der Waals surface area contributed by atoms with E-state index in [1.165, 1.54) is 6.92 Å². The van der Waals surface area contributed by atoms with Gasteiger partial charge in [-0.1, -0.05) is 12.1 Å². The van der Waals surface area contributed by atoms with E-state index in [1.54, 1.807) is 6.07 Å². The van der Waals surface area contributed by atoms with Crippen LogP contribution in [0.15, 0.2) is 24.3 Å². The Balaban J connectivity index is 2.44. The smallest absolute Gasteiger partial charge is 0.323 e. The van der Waals surface area contributed by atoms with Crippen molar-refractivity contribution in [3.05, 3.63) is 29.8 Å². The summed E-state index contributed by atoms with van der Waals surface area (Å²) < 4.78 is 0. The minimum absolute atomic E-state index is 0.478. The van der Waals surface area contributed by atoms with Crippen LogP contribution < -0.4 is 11.1 Å². The second-order valence-electron chi connectivity index (χ2n) is 4.01. The number of anilines is 1. The summed E-state index contributed by atoms with van der Waals surface area (Å²) in [7, 11) is 0. The molecule has 94 valence electrons. The standard InChI is InChI=1S/C12H18N2O3/c1-8(15)11(12(16)17)14-6-5-9-3-2-4-10(13)7-9/h2-4,7-8,11,14-15H,5-6,13H2,1H3,(H,16,17). The van der Waals surface area contributed by atoms with Crippen LogP contribution in [-0.2, 0) is 11.2 Å². The second kappa shape index (κ2) is 6.22. The van der Waals surface area contributed by atoms with Gasteiger partial charge in [-0.25, -0.2) is 0 Å². The second-order valence-corrected chi connectivity index (χ2v) is 4.01. The minimum atomic E-state index is -1.05. The van der Waals surface area contributed by atoms with Crippen molar-refractivity contribution >= 4 is 11.7 Å². The Bertz CT molecular complexity index is 380. The molecule has 5 nitrogen and oxygen atoms in total. The van der Waals surface area contributed by atoms with E-state index in [4.69, 9.17) is 10.8 Å². The number of carboxylic acids is 1. The first-order valence-electron chi connectivity index (χ1n) is 5.49. The van der Waals surface area contributed by atoms with E-state index < -0.39 is 18.1 Å². The van der Waals surface area contributed by atoms with Crippen molar-refractivity contribution in [1.29, 1.82) is 0 Å². The molecular weight excluding hydrogens is 220 g/mol. The number of carboxylic acid groups (broad SMARTS) is 1. The van der Waals surface area contributed by atoms with Crippen LogP contribution in [0.2, 0.25) is 0 Å². The Morgan fingerprint density at radius 1 is 1.53 bits per heavy atom. The third-order valence-electron chi connectivity index (χ3n) is 2.48. The molecule has 5 N–H and O–H groups in total. The van der Waals surface area contributed by atoms with E-state index in [0.29, 0.717) is 18.7 Å². The van der Waals surface area contributed by atoms with Crippen LogP contribution in [0.1, 0.15) is 12.5 Å². The van der Waals surface area contributed by atoms with Crippen molar-refractivity contribution in [3.63, 3.8) is 0 Å². The topological polar surface area (TPSA) is 95.6 Å². The molecule has 0 aliphatic heterocycles.